The first-order valence-corrected chi connectivity index (χ1v) is 5.31. The van der Waals surface area contributed by atoms with Gasteiger partial charge in [-0.05, 0) is 25.0 Å². The Labute approximate surface area is 82.2 Å². The summed E-state index contributed by atoms with van der Waals surface area (Å²) in [4.78, 5) is 4.48. The summed E-state index contributed by atoms with van der Waals surface area (Å²) in [6.07, 6.45) is 3.32. The smallest absolute Gasteiger partial charge is 0.0406 e. The Morgan fingerprint density at radius 2 is 1.69 bits per heavy atom. The van der Waals surface area contributed by atoms with E-state index in [-0.39, 0.29) is 0 Å². The van der Waals surface area contributed by atoms with Crippen LogP contribution in [0.4, 0.5) is 0 Å². The highest BCUT2D eigenvalue weighted by molar-refractivity contribution is 5.11. The summed E-state index contributed by atoms with van der Waals surface area (Å²) in [5.74, 6) is 0. The monoisotopic (exact) mass is 179 g/mol. The van der Waals surface area contributed by atoms with E-state index in [9.17, 15) is 0 Å². The van der Waals surface area contributed by atoms with Crippen LogP contribution in [0.3, 0.4) is 0 Å². The minimum atomic E-state index is 1.04. The van der Waals surface area contributed by atoms with Crippen molar-refractivity contribution in [3.05, 3.63) is 29.6 Å². The van der Waals surface area contributed by atoms with Crippen LogP contribution in [-0.4, -0.2) is 4.98 Å². The van der Waals surface area contributed by atoms with Gasteiger partial charge in [0.15, 0.2) is 0 Å². The van der Waals surface area contributed by atoms with Crippen molar-refractivity contribution in [2.75, 3.05) is 0 Å². The van der Waals surface area contributed by atoms with Gasteiger partial charge < -0.3 is 0 Å². The Morgan fingerprint density at radius 3 is 2.23 bits per heavy atom. The molecule has 0 bridgehead atoms. The molecule has 13 heavy (non-hydrogen) atoms. The molecule has 0 radical (unpaired) electrons. The van der Waals surface area contributed by atoms with Gasteiger partial charge in [-0.2, -0.15) is 0 Å². The van der Waals surface area contributed by atoms with Crippen LogP contribution in [0, 0.1) is 0 Å². The highest BCUT2D eigenvalue weighted by Crippen LogP contribution is 2.02. The minimum Gasteiger partial charge on any atom is -0.258 e. The first-order valence-electron chi connectivity index (χ1n) is 5.31. The number of hydrogen-bond donors (Lipinski definition) is 0. The zero-order chi connectivity index (χ0) is 10.1. The van der Waals surface area contributed by atoms with Crippen molar-refractivity contribution < 1.29 is 0 Å². The van der Waals surface area contributed by atoms with E-state index < -0.39 is 0 Å². The van der Waals surface area contributed by atoms with E-state index in [4.69, 9.17) is 0 Å². The summed E-state index contributed by atoms with van der Waals surface area (Å²) in [5, 5.41) is 0. The molecular weight excluding hydrogens is 158 g/mol. The van der Waals surface area contributed by atoms with Gasteiger partial charge in [-0.25, -0.2) is 0 Å². The summed E-state index contributed by atoms with van der Waals surface area (Å²) in [6.45, 7) is 8.32. The molecule has 0 N–H and O–H groups in total. The lowest BCUT2D eigenvalue weighted by Crippen LogP contribution is -1.92. The van der Waals surface area contributed by atoms with Crippen LogP contribution in [-0.2, 0) is 12.8 Å². The average Bonchev–Trinajstić information content (AvgIpc) is 2.22. The average molecular weight is 179 g/mol. The van der Waals surface area contributed by atoms with Gasteiger partial charge in [-0.1, -0.05) is 40.2 Å². The molecule has 0 aromatic carbocycles. The predicted octanol–water partition coefficient (Wildman–Crippen LogP) is 3.62. The van der Waals surface area contributed by atoms with Crippen molar-refractivity contribution in [2.24, 2.45) is 0 Å². The number of aryl methyl sites for hydroxylation is 2. The molecule has 74 valence electrons. The molecule has 0 unspecified atom stereocenters. The van der Waals surface area contributed by atoms with E-state index in [1.165, 1.54) is 17.8 Å². The largest absolute Gasteiger partial charge is 0.258 e. The third kappa shape index (κ3) is 4.66. The predicted molar refractivity (Wildman–Crippen MR) is 59.0 cm³/mol. The van der Waals surface area contributed by atoms with Gasteiger partial charge in [-0.15, -0.1) is 0 Å². The van der Waals surface area contributed by atoms with Crippen LogP contribution >= 0.6 is 0 Å². The normalized spacial score (nSPS) is 8.92. The maximum atomic E-state index is 4.48. The van der Waals surface area contributed by atoms with Crippen LogP contribution in [0.25, 0.3) is 0 Å². The van der Waals surface area contributed by atoms with E-state index in [0.717, 1.165) is 12.8 Å². The standard InChI is InChI=1S/C10H15N.C2H6/c1-3-6-10-8-5-7-9(4-2)11-10;1-2/h5,7-8H,3-4,6H2,1-2H3;1-2H3. The Kier molecular flexibility index (Phi) is 7.27. The lowest BCUT2D eigenvalue weighted by molar-refractivity contribution is 0.862. The highest BCUT2D eigenvalue weighted by atomic mass is 14.7. The van der Waals surface area contributed by atoms with Gasteiger partial charge in [0, 0.05) is 11.4 Å². The van der Waals surface area contributed by atoms with E-state index in [2.05, 4.69) is 37.0 Å². The number of hydrogen-bond acceptors (Lipinski definition) is 1. The van der Waals surface area contributed by atoms with Crippen LogP contribution in [0.15, 0.2) is 18.2 Å². The van der Waals surface area contributed by atoms with Crippen molar-refractivity contribution in [2.45, 2.75) is 47.0 Å². The van der Waals surface area contributed by atoms with Crippen molar-refractivity contribution >= 4 is 0 Å². The van der Waals surface area contributed by atoms with Gasteiger partial charge in [-0.3, -0.25) is 4.98 Å². The van der Waals surface area contributed by atoms with Crippen LogP contribution in [0.1, 0.15) is 45.5 Å². The molecule has 0 aliphatic carbocycles. The molecule has 0 atom stereocenters. The molecule has 0 aliphatic heterocycles. The fourth-order valence-electron chi connectivity index (χ4n) is 1.12. The molecule has 0 aliphatic rings. The van der Waals surface area contributed by atoms with Crippen molar-refractivity contribution in [1.82, 2.24) is 4.98 Å². The second-order valence-electron chi connectivity index (χ2n) is 2.72. The Bertz CT molecular complexity index is 218. The minimum absolute atomic E-state index is 1.04. The molecule has 0 saturated carbocycles. The van der Waals surface area contributed by atoms with E-state index in [1.54, 1.807) is 0 Å². The molecule has 1 rings (SSSR count). The number of aromatic nitrogens is 1. The van der Waals surface area contributed by atoms with Crippen molar-refractivity contribution in [1.29, 1.82) is 0 Å². The molecule has 0 fully saturated rings. The SMILES string of the molecule is CC.CCCc1cccc(CC)n1. The third-order valence-electron chi connectivity index (χ3n) is 1.73. The van der Waals surface area contributed by atoms with E-state index in [0.29, 0.717) is 0 Å². The summed E-state index contributed by atoms with van der Waals surface area (Å²) < 4.78 is 0. The van der Waals surface area contributed by atoms with Crippen molar-refractivity contribution in [3.8, 4) is 0 Å². The molecule has 0 amide bonds. The quantitative estimate of drug-likeness (QED) is 0.690. The molecular formula is C12H21N. The lowest BCUT2D eigenvalue weighted by Gasteiger charge is -1.99. The topological polar surface area (TPSA) is 12.9 Å². The zero-order valence-corrected chi connectivity index (χ0v) is 9.30. The molecule has 1 heterocycles. The van der Waals surface area contributed by atoms with Crippen LogP contribution in [0.2, 0.25) is 0 Å². The molecule has 1 heteroatoms. The summed E-state index contributed by atoms with van der Waals surface area (Å²) in [5.41, 5.74) is 2.43. The maximum Gasteiger partial charge on any atom is 0.0406 e. The molecule has 1 aromatic heterocycles. The Balaban J connectivity index is 0.000000671. The molecule has 1 aromatic rings. The zero-order valence-electron chi connectivity index (χ0n) is 9.30. The summed E-state index contributed by atoms with van der Waals surface area (Å²) in [6, 6.07) is 6.28. The fraction of sp³-hybridized carbons (Fsp3) is 0.583. The van der Waals surface area contributed by atoms with Crippen LogP contribution < -0.4 is 0 Å². The van der Waals surface area contributed by atoms with Gasteiger partial charge >= 0.3 is 0 Å². The Morgan fingerprint density at radius 1 is 1.08 bits per heavy atom. The van der Waals surface area contributed by atoms with E-state index >= 15 is 0 Å². The molecule has 0 spiro atoms. The maximum absolute atomic E-state index is 4.48. The number of nitrogens with zero attached hydrogens (tertiary/aromatic N) is 1. The highest BCUT2D eigenvalue weighted by Gasteiger charge is 1.93. The number of pyridine rings is 1. The number of rotatable bonds is 3. The van der Waals surface area contributed by atoms with Crippen LogP contribution in [0.5, 0.6) is 0 Å². The van der Waals surface area contributed by atoms with Gasteiger partial charge in [0.2, 0.25) is 0 Å². The van der Waals surface area contributed by atoms with Gasteiger partial charge in [0.05, 0.1) is 0 Å². The molecule has 0 saturated heterocycles. The van der Waals surface area contributed by atoms with Gasteiger partial charge in [0.25, 0.3) is 0 Å². The van der Waals surface area contributed by atoms with Gasteiger partial charge in [0.1, 0.15) is 0 Å². The second kappa shape index (κ2) is 7.78. The lowest BCUT2D eigenvalue weighted by atomic mass is 10.2. The second-order valence-corrected chi connectivity index (χ2v) is 2.72. The summed E-state index contributed by atoms with van der Waals surface area (Å²) in [7, 11) is 0. The summed E-state index contributed by atoms with van der Waals surface area (Å²) >= 11 is 0. The fourth-order valence-corrected chi connectivity index (χ4v) is 1.12. The first kappa shape index (κ1) is 12.2. The Hall–Kier alpha value is -0.850. The molecule has 1 nitrogen and oxygen atoms in total. The third-order valence-corrected chi connectivity index (χ3v) is 1.73. The first-order chi connectivity index (χ1) is 6.36. The van der Waals surface area contributed by atoms with E-state index in [1.807, 2.05) is 13.8 Å². The van der Waals surface area contributed by atoms with Crippen molar-refractivity contribution in [3.63, 3.8) is 0 Å².